The Labute approximate surface area is 165 Å². The van der Waals surface area contributed by atoms with Gasteiger partial charge in [-0.1, -0.05) is 43.2 Å². The van der Waals surface area contributed by atoms with Crippen molar-refractivity contribution < 1.29 is 9.21 Å². The minimum Gasteiger partial charge on any atom is -0.421 e. The number of aryl methyl sites for hydroxylation is 1. The van der Waals surface area contributed by atoms with Gasteiger partial charge in [-0.05, 0) is 55.0 Å². The third-order valence-electron chi connectivity index (χ3n) is 5.61. The lowest BCUT2D eigenvalue weighted by Crippen LogP contribution is -2.37. The molecule has 1 fully saturated rings. The maximum absolute atomic E-state index is 12.6. The highest BCUT2D eigenvalue weighted by molar-refractivity contribution is 5.95. The smallest absolute Gasteiger partial charge is 0.251 e. The average Bonchev–Trinajstić information content (AvgIpc) is 3.40. The van der Waals surface area contributed by atoms with Crippen molar-refractivity contribution in [1.29, 1.82) is 0 Å². The predicted molar refractivity (Wildman–Crippen MR) is 109 cm³/mol. The van der Waals surface area contributed by atoms with Gasteiger partial charge in [0.25, 0.3) is 5.91 Å². The van der Waals surface area contributed by atoms with Gasteiger partial charge in [-0.25, -0.2) is 0 Å². The molecule has 0 unspecified atom stereocenters. The first-order valence-electron chi connectivity index (χ1n) is 9.92. The number of benzene rings is 2. The molecule has 1 amide bonds. The van der Waals surface area contributed by atoms with Crippen molar-refractivity contribution in [3.63, 3.8) is 0 Å². The number of hydrogen-bond acceptors (Lipinski definition) is 4. The highest BCUT2D eigenvalue weighted by atomic mass is 16.4. The van der Waals surface area contributed by atoms with Gasteiger partial charge in [-0.3, -0.25) is 4.79 Å². The Kier molecular flexibility index (Phi) is 5.24. The molecule has 0 bridgehead atoms. The monoisotopic (exact) mass is 375 g/mol. The van der Waals surface area contributed by atoms with Crippen molar-refractivity contribution in [2.24, 2.45) is 5.92 Å². The van der Waals surface area contributed by atoms with E-state index in [0.29, 0.717) is 23.3 Å². The Bertz CT molecular complexity index is 956. The number of rotatable bonds is 5. The van der Waals surface area contributed by atoms with Crippen LogP contribution in [0.25, 0.3) is 22.6 Å². The molecule has 0 saturated heterocycles. The van der Waals surface area contributed by atoms with Crippen LogP contribution in [0.4, 0.5) is 0 Å². The third kappa shape index (κ3) is 3.84. The van der Waals surface area contributed by atoms with Crippen LogP contribution in [0.3, 0.4) is 0 Å². The van der Waals surface area contributed by atoms with Crippen molar-refractivity contribution in [1.82, 2.24) is 15.5 Å². The number of amides is 1. The van der Waals surface area contributed by atoms with Crippen molar-refractivity contribution in [2.75, 3.05) is 0 Å². The molecule has 1 heterocycles. The van der Waals surface area contributed by atoms with E-state index in [1.807, 2.05) is 48.5 Å². The molecule has 0 aliphatic heterocycles. The largest absolute Gasteiger partial charge is 0.421 e. The maximum Gasteiger partial charge on any atom is 0.251 e. The Morgan fingerprint density at radius 2 is 1.71 bits per heavy atom. The highest BCUT2D eigenvalue weighted by Gasteiger charge is 2.23. The second-order valence-electron chi connectivity index (χ2n) is 7.56. The van der Waals surface area contributed by atoms with E-state index in [9.17, 15) is 4.79 Å². The normalized spacial score (nSPS) is 15.5. The molecule has 5 nitrogen and oxygen atoms in total. The third-order valence-corrected chi connectivity index (χ3v) is 5.61. The van der Waals surface area contributed by atoms with Gasteiger partial charge in [0.1, 0.15) is 0 Å². The molecular formula is C23H25N3O2. The summed E-state index contributed by atoms with van der Waals surface area (Å²) in [6.45, 7) is 3.89. The van der Waals surface area contributed by atoms with Crippen LogP contribution >= 0.6 is 0 Å². The molecule has 1 aliphatic carbocycles. The summed E-state index contributed by atoms with van der Waals surface area (Å²) in [4.78, 5) is 12.6. The lowest BCUT2D eigenvalue weighted by atomic mass is 9.97. The summed E-state index contributed by atoms with van der Waals surface area (Å²) in [6, 6.07) is 15.8. The Balaban J connectivity index is 1.53. The summed E-state index contributed by atoms with van der Waals surface area (Å²) in [5, 5.41) is 11.2. The number of carbonyl (C=O) groups excluding carboxylic acids is 1. The van der Waals surface area contributed by atoms with Crippen molar-refractivity contribution in [3.05, 3.63) is 60.0 Å². The van der Waals surface area contributed by atoms with Crippen LogP contribution in [0.5, 0.6) is 0 Å². The number of hydrogen-bond donors (Lipinski definition) is 1. The van der Waals surface area contributed by atoms with Gasteiger partial charge >= 0.3 is 0 Å². The van der Waals surface area contributed by atoms with E-state index in [1.165, 1.54) is 25.7 Å². The van der Waals surface area contributed by atoms with Crippen LogP contribution in [0.15, 0.2) is 52.9 Å². The van der Waals surface area contributed by atoms with Crippen molar-refractivity contribution in [3.8, 4) is 22.6 Å². The summed E-state index contributed by atoms with van der Waals surface area (Å²) < 4.78 is 5.60. The lowest BCUT2D eigenvalue weighted by Gasteiger charge is -2.20. The molecule has 1 atom stereocenters. The molecule has 1 aliphatic rings. The van der Waals surface area contributed by atoms with Crippen LogP contribution in [0, 0.1) is 12.8 Å². The fourth-order valence-corrected chi connectivity index (χ4v) is 3.99. The number of nitrogens with zero attached hydrogens (tertiary/aromatic N) is 2. The van der Waals surface area contributed by atoms with Crippen LogP contribution in [0.1, 0.15) is 48.9 Å². The van der Waals surface area contributed by atoms with Gasteiger partial charge in [0.2, 0.25) is 11.8 Å². The van der Waals surface area contributed by atoms with E-state index in [2.05, 4.69) is 22.4 Å². The number of aromatic nitrogens is 2. The topological polar surface area (TPSA) is 68.0 Å². The van der Waals surface area contributed by atoms with E-state index >= 15 is 0 Å². The predicted octanol–water partition coefficient (Wildman–Crippen LogP) is 5.02. The second kappa shape index (κ2) is 7.97. The van der Waals surface area contributed by atoms with Gasteiger partial charge in [-0.2, -0.15) is 0 Å². The minimum absolute atomic E-state index is 0.00763. The molecule has 28 heavy (non-hydrogen) atoms. The summed E-state index contributed by atoms with van der Waals surface area (Å²) in [5.41, 5.74) is 3.57. The van der Waals surface area contributed by atoms with E-state index in [0.717, 1.165) is 16.7 Å². The van der Waals surface area contributed by atoms with Gasteiger partial charge in [0, 0.05) is 24.1 Å². The fraction of sp³-hybridized carbons (Fsp3) is 0.348. The molecule has 0 radical (unpaired) electrons. The van der Waals surface area contributed by atoms with Gasteiger partial charge in [-0.15, -0.1) is 10.2 Å². The zero-order valence-corrected chi connectivity index (χ0v) is 16.3. The first-order chi connectivity index (χ1) is 13.6. The quantitative estimate of drug-likeness (QED) is 0.680. The van der Waals surface area contributed by atoms with Crippen LogP contribution in [-0.2, 0) is 0 Å². The summed E-state index contributed by atoms with van der Waals surface area (Å²) in [7, 11) is 0. The molecule has 1 saturated carbocycles. The van der Waals surface area contributed by atoms with E-state index in [4.69, 9.17) is 4.42 Å². The second-order valence-corrected chi connectivity index (χ2v) is 7.56. The van der Waals surface area contributed by atoms with Crippen LogP contribution in [-0.4, -0.2) is 22.1 Å². The van der Waals surface area contributed by atoms with Crippen molar-refractivity contribution in [2.45, 2.75) is 45.6 Å². The summed E-state index contributed by atoms with van der Waals surface area (Å²) in [5.74, 6) is 1.63. The maximum atomic E-state index is 12.6. The first kappa shape index (κ1) is 18.4. The Hall–Kier alpha value is -2.95. The van der Waals surface area contributed by atoms with E-state index < -0.39 is 0 Å². The zero-order valence-electron chi connectivity index (χ0n) is 16.3. The minimum atomic E-state index is -0.00763. The average molecular weight is 375 g/mol. The molecule has 1 aromatic heterocycles. The molecule has 1 N–H and O–H groups in total. The summed E-state index contributed by atoms with van der Waals surface area (Å²) >= 11 is 0. The molecule has 0 spiro atoms. The first-order valence-corrected chi connectivity index (χ1v) is 9.92. The SMILES string of the molecule is Cc1nnc(-c2ccccc2-c2ccc(C(=O)N[C@H](C)C3CCCC3)cc2)o1. The summed E-state index contributed by atoms with van der Waals surface area (Å²) in [6.07, 6.45) is 4.98. The molecule has 2 aromatic carbocycles. The zero-order chi connectivity index (χ0) is 19.5. The number of carbonyl (C=O) groups is 1. The Morgan fingerprint density at radius 1 is 1.04 bits per heavy atom. The molecule has 5 heteroatoms. The van der Waals surface area contributed by atoms with E-state index in [1.54, 1.807) is 6.92 Å². The molecule has 3 aromatic rings. The molecular weight excluding hydrogens is 350 g/mol. The Morgan fingerprint density at radius 3 is 2.36 bits per heavy atom. The van der Waals surface area contributed by atoms with Gasteiger partial charge < -0.3 is 9.73 Å². The molecule has 144 valence electrons. The lowest BCUT2D eigenvalue weighted by molar-refractivity contribution is 0.0927. The highest BCUT2D eigenvalue weighted by Crippen LogP contribution is 2.31. The van der Waals surface area contributed by atoms with Crippen LogP contribution < -0.4 is 5.32 Å². The number of nitrogens with one attached hydrogen (secondary N) is 1. The van der Waals surface area contributed by atoms with Crippen LogP contribution in [0.2, 0.25) is 0 Å². The van der Waals surface area contributed by atoms with E-state index in [-0.39, 0.29) is 11.9 Å². The standard InChI is InChI=1S/C23H25N3O2/c1-15(17-7-3-4-8-17)24-22(27)19-13-11-18(12-14-19)20-9-5-6-10-21(20)23-26-25-16(2)28-23/h5-6,9-15,17H,3-4,7-8H2,1-2H3,(H,24,27)/t15-/m1/s1. The fourth-order valence-electron chi connectivity index (χ4n) is 3.99. The van der Waals surface area contributed by atoms with Gasteiger partial charge in [0.15, 0.2) is 0 Å². The van der Waals surface area contributed by atoms with Gasteiger partial charge in [0.05, 0.1) is 0 Å². The van der Waals surface area contributed by atoms with Crippen molar-refractivity contribution >= 4 is 5.91 Å². The molecule has 4 rings (SSSR count).